The van der Waals surface area contributed by atoms with E-state index in [-0.39, 0.29) is 30.7 Å². The number of nitrogens with zero attached hydrogens (tertiary/aromatic N) is 3. The monoisotopic (exact) mass is 376 g/mol. The lowest BCUT2D eigenvalue weighted by molar-refractivity contribution is -0.116. The van der Waals surface area contributed by atoms with Crippen LogP contribution < -0.4 is 5.32 Å². The van der Waals surface area contributed by atoms with Gasteiger partial charge in [-0.1, -0.05) is 23.4 Å². The van der Waals surface area contributed by atoms with Crippen molar-refractivity contribution in [1.82, 2.24) is 15.0 Å². The Morgan fingerprint density at radius 2 is 1.79 bits per heavy atom. The van der Waals surface area contributed by atoms with Gasteiger partial charge in [-0.25, -0.2) is 0 Å². The normalized spacial score (nSPS) is 13.0. The van der Waals surface area contributed by atoms with Crippen molar-refractivity contribution in [2.45, 2.75) is 13.3 Å². The summed E-state index contributed by atoms with van der Waals surface area (Å²) in [5.74, 6) is -0.176. The number of carbonyl (C=O) groups excluding carboxylic acids is 3. The summed E-state index contributed by atoms with van der Waals surface area (Å²) in [5, 5.41) is 6.50. The molecule has 1 N–H and O–H groups in total. The number of amides is 3. The van der Waals surface area contributed by atoms with Gasteiger partial charge in [-0.3, -0.25) is 19.3 Å². The second-order valence-electron chi connectivity index (χ2n) is 6.33. The van der Waals surface area contributed by atoms with Crippen molar-refractivity contribution in [3.8, 4) is 11.5 Å². The smallest absolute Gasteiger partial charge is 0.261 e. The lowest BCUT2D eigenvalue weighted by Gasteiger charge is -2.13. The topological polar surface area (TPSA) is 105 Å². The molecule has 0 saturated heterocycles. The minimum atomic E-state index is -0.373. The highest BCUT2D eigenvalue weighted by atomic mass is 16.5. The standard InChI is InChI=1S/C20H16N4O4/c1-12-21-18(28-23-12)13-5-4-6-14(11-13)22-17(25)9-10-24-19(26)15-7-2-3-8-16(15)20(24)27/h2-8,11H,9-10H2,1H3,(H,22,25). The van der Waals surface area contributed by atoms with E-state index in [2.05, 4.69) is 15.5 Å². The van der Waals surface area contributed by atoms with Gasteiger partial charge in [-0.2, -0.15) is 4.98 Å². The van der Waals surface area contributed by atoms with Crippen LogP contribution in [0.4, 0.5) is 5.69 Å². The lowest BCUT2D eigenvalue weighted by atomic mass is 10.1. The number of anilines is 1. The van der Waals surface area contributed by atoms with Gasteiger partial charge in [0.05, 0.1) is 11.1 Å². The number of fused-ring (bicyclic) bond motifs is 1. The summed E-state index contributed by atoms with van der Waals surface area (Å²) in [6, 6.07) is 13.6. The van der Waals surface area contributed by atoms with E-state index in [4.69, 9.17) is 4.52 Å². The Morgan fingerprint density at radius 1 is 1.07 bits per heavy atom. The number of aromatic nitrogens is 2. The van der Waals surface area contributed by atoms with Crippen molar-refractivity contribution in [3.05, 3.63) is 65.5 Å². The fourth-order valence-electron chi connectivity index (χ4n) is 3.02. The molecule has 8 heteroatoms. The molecule has 2 aromatic carbocycles. The zero-order valence-corrected chi connectivity index (χ0v) is 15.0. The lowest BCUT2D eigenvalue weighted by Crippen LogP contribution is -2.32. The van der Waals surface area contributed by atoms with Crippen molar-refractivity contribution in [3.63, 3.8) is 0 Å². The summed E-state index contributed by atoms with van der Waals surface area (Å²) in [6.07, 6.45) is -0.00460. The van der Waals surface area contributed by atoms with E-state index in [1.165, 1.54) is 0 Å². The molecule has 0 spiro atoms. The van der Waals surface area contributed by atoms with E-state index in [1.54, 1.807) is 55.5 Å². The minimum Gasteiger partial charge on any atom is -0.334 e. The van der Waals surface area contributed by atoms with Crippen LogP contribution in [0.25, 0.3) is 11.5 Å². The van der Waals surface area contributed by atoms with E-state index in [1.807, 2.05) is 0 Å². The Labute approximate surface area is 160 Å². The van der Waals surface area contributed by atoms with Crippen LogP contribution in [-0.4, -0.2) is 39.3 Å². The van der Waals surface area contributed by atoms with Gasteiger partial charge in [0.15, 0.2) is 5.82 Å². The van der Waals surface area contributed by atoms with Gasteiger partial charge < -0.3 is 9.84 Å². The number of nitrogens with one attached hydrogen (secondary N) is 1. The number of aryl methyl sites for hydroxylation is 1. The zero-order chi connectivity index (χ0) is 19.7. The SMILES string of the molecule is Cc1noc(-c2cccc(NC(=O)CCN3C(=O)c4ccccc4C3=O)c2)n1. The van der Waals surface area contributed by atoms with Crippen LogP contribution in [-0.2, 0) is 4.79 Å². The first-order chi connectivity index (χ1) is 13.5. The molecular formula is C20H16N4O4. The van der Waals surface area contributed by atoms with E-state index < -0.39 is 0 Å². The molecule has 2 heterocycles. The molecule has 28 heavy (non-hydrogen) atoms. The number of imide groups is 1. The first-order valence-corrected chi connectivity index (χ1v) is 8.69. The minimum absolute atomic E-state index is 0.00460. The number of benzene rings is 2. The third-order valence-corrected chi connectivity index (χ3v) is 4.36. The van der Waals surface area contributed by atoms with Crippen LogP contribution in [0.2, 0.25) is 0 Å². The van der Waals surface area contributed by atoms with E-state index in [0.717, 1.165) is 4.90 Å². The molecule has 3 amide bonds. The summed E-state index contributed by atoms with van der Waals surface area (Å²) >= 11 is 0. The third-order valence-electron chi connectivity index (χ3n) is 4.36. The molecule has 0 fully saturated rings. The van der Waals surface area contributed by atoms with Crippen molar-refractivity contribution in [2.24, 2.45) is 0 Å². The maximum absolute atomic E-state index is 12.3. The molecule has 0 saturated carbocycles. The predicted molar refractivity (Wildman–Crippen MR) is 99.5 cm³/mol. The van der Waals surface area contributed by atoms with Crippen LogP contribution in [0.1, 0.15) is 33.0 Å². The highest BCUT2D eigenvalue weighted by Crippen LogP contribution is 2.23. The summed E-state index contributed by atoms with van der Waals surface area (Å²) < 4.78 is 5.12. The van der Waals surface area contributed by atoms with Crippen LogP contribution >= 0.6 is 0 Å². The molecular weight excluding hydrogens is 360 g/mol. The molecule has 140 valence electrons. The summed E-state index contributed by atoms with van der Waals surface area (Å²) in [4.78, 5) is 42.2. The zero-order valence-electron chi connectivity index (χ0n) is 15.0. The van der Waals surface area contributed by atoms with E-state index in [0.29, 0.717) is 34.1 Å². The molecule has 1 aliphatic heterocycles. The van der Waals surface area contributed by atoms with Gasteiger partial charge in [0.1, 0.15) is 0 Å². The Morgan fingerprint density at radius 3 is 2.43 bits per heavy atom. The average molecular weight is 376 g/mol. The van der Waals surface area contributed by atoms with Crippen LogP contribution in [0.15, 0.2) is 53.1 Å². The Bertz CT molecular complexity index is 1050. The maximum atomic E-state index is 12.3. The summed E-state index contributed by atoms with van der Waals surface area (Å²) in [6.45, 7) is 1.73. The van der Waals surface area contributed by atoms with Crippen molar-refractivity contribution < 1.29 is 18.9 Å². The molecule has 3 aromatic rings. The third kappa shape index (κ3) is 3.27. The van der Waals surface area contributed by atoms with E-state index in [9.17, 15) is 14.4 Å². The first-order valence-electron chi connectivity index (χ1n) is 8.69. The summed E-state index contributed by atoms with van der Waals surface area (Å²) in [5.41, 5.74) is 1.98. The first kappa shape index (κ1) is 17.6. The second-order valence-corrected chi connectivity index (χ2v) is 6.33. The van der Waals surface area contributed by atoms with Crippen molar-refractivity contribution >= 4 is 23.4 Å². The molecule has 0 bridgehead atoms. The molecule has 1 aliphatic rings. The van der Waals surface area contributed by atoms with Crippen LogP contribution in [0.3, 0.4) is 0 Å². The number of hydrogen-bond donors (Lipinski definition) is 1. The van der Waals surface area contributed by atoms with Gasteiger partial charge in [0.2, 0.25) is 5.91 Å². The molecule has 1 aromatic heterocycles. The molecule has 0 unspecified atom stereocenters. The average Bonchev–Trinajstić information content (AvgIpc) is 3.23. The highest BCUT2D eigenvalue weighted by molar-refractivity contribution is 6.21. The number of rotatable bonds is 5. The van der Waals surface area contributed by atoms with E-state index >= 15 is 0 Å². The Kier molecular flexibility index (Phi) is 4.44. The van der Waals surface area contributed by atoms with Gasteiger partial charge in [-0.15, -0.1) is 0 Å². The molecule has 8 nitrogen and oxygen atoms in total. The second kappa shape index (κ2) is 7.07. The Balaban J connectivity index is 1.39. The van der Waals surface area contributed by atoms with Crippen LogP contribution in [0.5, 0.6) is 0 Å². The molecule has 0 atom stereocenters. The number of carbonyl (C=O) groups is 3. The Hall–Kier alpha value is -3.81. The highest BCUT2D eigenvalue weighted by Gasteiger charge is 2.34. The molecule has 4 rings (SSSR count). The summed E-state index contributed by atoms with van der Waals surface area (Å²) in [7, 11) is 0. The van der Waals surface area contributed by atoms with Gasteiger partial charge in [0.25, 0.3) is 17.7 Å². The maximum Gasteiger partial charge on any atom is 0.261 e. The van der Waals surface area contributed by atoms with Gasteiger partial charge >= 0.3 is 0 Å². The fraction of sp³-hybridized carbons (Fsp3) is 0.150. The van der Waals surface area contributed by atoms with Crippen molar-refractivity contribution in [1.29, 1.82) is 0 Å². The largest absolute Gasteiger partial charge is 0.334 e. The number of hydrogen-bond acceptors (Lipinski definition) is 6. The quantitative estimate of drug-likeness (QED) is 0.686. The van der Waals surface area contributed by atoms with Gasteiger partial charge in [-0.05, 0) is 37.3 Å². The van der Waals surface area contributed by atoms with Gasteiger partial charge in [0, 0.05) is 24.2 Å². The fourth-order valence-corrected chi connectivity index (χ4v) is 3.02. The molecule has 0 radical (unpaired) electrons. The van der Waals surface area contributed by atoms with Crippen LogP contribution in [0, 0.1) is 6.92 Å². The predicted octanol–water partition coefficient (Wildman–Crippen LogP) is 2.67. The van der Waals surface area contributed by atoms with Crippen molar-refractivity contribution in [2.75, 3.05) is 11.9 Å². The molecule has 0 aliphatic carbocycles.